The lowest BCUT2D eigenvalue weighted by Gasteiger charge is -2.35. The molecule has 1 amide bonds. The van der Waals surface area contributed by atoms with Gasteiger partial charge < -0.3 is 20.1 Å². The summed E-state index contributed by atoms with van der Waals surface area (Å²) in [7, 11) is 3.27. The number of carbonyl (C=O) groups excluding carboxylic acids is 1. The van der Waals surface area contributed by atoms with Gasteiger partial charge in [0, 0.05) is 12.7 Å². The minimum Gasteiger partial charge on any atom is -0.497 e. The van der Waals surface area contributed by atoms with Gasteiger partial charge in [-0.1, -0.05) is 0 Å². The summed E-state index contributed by atoms with van der Waals surface area (Å²) < 4.78 is 10.8. The van der Waals surface area contributed by atoms with Crippen molar-refractivity contribution < 1.29 is 14.3 Å². The van der Waals surface area contributed by atoms with Gasteiger partial charge in [0.1, 0.15) is 16.4 Å². The van der Waals surface area contributed by atoms with Crippen molar-refractivity contribution in [1.82, 2.24) is 15.6 Å². The maximum atomic E-state index is 12.9. The maximum Gasteiger partial charge on any atom is 0.252 e. The van der Waals surface area contributed by atoms with Crippen LogP contribution in [-0.2, 0) is 9.53 Å². The molecular weight excluding hydrogens is 398 g/mol. The quantitative estimate of drug-likeness (QED) is 0.741. The summed E-state index contributed by atoms with van der Waals surface area (Å²) >= 11 is 1.61. The molecule has 154 valence electrons. The van der Waals surface area contributed by atoms with Crippen molar-refractivity contribution in [2.75, 3.05) is 27.3 Å². The van der Waals surface area contributed by atoms with Crippen molar-refractivity contribution in [1.29, 1.82) is 0 Å². The molecule has 2 heterocycles. The average Bonchev–Trinajstić information content (AvgIpc) is 3.10. The number of thiazole rings is 1. The lowest BCUT2D eigenvalue weighted by Crippen LogP contribution is -2.54. The Balaban J connectivity index is 0.00000280. The van der Waals surface area contributed by atoms with Gasteiger partial charge in [-0.05, 0) is 64.0 Å². The first-order valence-electron chi connectivity index (χ1n) is 9.17. The normalized spacial score (nSPS) is 16.7. The van der Waals surface area contributed by atoms with Crippen LogP contribution >= 0.6 is 23.7 Å². The molecule has 2 aromatic rings. The number of benzene rings is 1. The van der Waals surface area contributed by atoms with Crippen LogP contribution in [0.4, 0.5) is 0 Å². The summed E-state index contributed by atoms with van der Waals surface area (Å²) in [6.07, 6.45) is 1.36. The number of piperidine rings is 1. The van der Waals surface area contributed by atoms with Gasteiger partial charge in [0.2, 0.25) is 0 Å². The number of rotatable bonds is 6. The Bertz CT molecular complexity index is 788. The van der Waals surface area contributed by atoms with E-state index >= 15 is 0 Å². The third-order valence-electron chi connectivity index (χ3n) is 5.13. The Morgan fingerprint density at radius 2 is 1.89 bits per heavy atom. The van der Waals surface area contributed by atoms with Gasteiger partial charge in [-0.2, -0.15) is 0 Å². The molecule has 0 bridgehead atoms. The van der Waals surface area contributed by atoms with Crippen LogP contribution in [-0.4, -0.2) is 43.8 Å². The number of ether oxygens (including phenoxy) is 2. The van der Waals surface area contributed by atoms with Gasteiger partial charge in [-0.25, -0.2) is 4.98 Å². The predicted molar refractivity (Wildman–Crippen MR) is 114 cm³/mol. The van der Waals surface area contributed by atoms with Crippen LogP contribution in [0.15, 0.2) is 24.3 Å². The molecule has 3 rings (SSSR count). The SMILES string of the molecule is COc1ccc(-c2nc(C)c(C(C)NC(=O)C3(OC)CCNCC3)s2)cc1.Cl. The lowest BCUT2D eigenvalue weighted by atomic mass is 9.91. The van der Waals surface area contributed by atoms with Crippen molar-refractivity contribution in [2.45, 2.75) is 38.3 Å². The van der Waals surface area contributed by atoms with Crippen LogP contribution in [0.25, 0.3) is 10.6 Å². The number of hydrogen-bond acceptors (Lipinski definition) is 6. The van der Waals surface area contributed by atoms with E-state index in [0.29, 0.717) is 12.8 Å². The van der Waals surface area contributed by atoms with Gasteiger partial charge in [0.15, 0.2) is 0 Å². The van der Waals surface area contributed by atoms with E-state index in [1.165, 1.54) is 0 Å². The third-order valence-corrected chi connectivity index (χ3v) is 6.52. The molecule has 0 radical (unpaired) electrons. The number of carbonyl (C=O) groups is 1. The molecule has 1 aliphatic heterocycles. The number of nitrogens with zero attached hydrogens (tertiary/aromatic N) is 1. The molecule has 8 heteroatoms. The Morgan fingerprint density at radius 1 is 1.25 bits per heavy atom. The van der Waals surface area contributed by atoms with Crippen molar-refractivity contribution in [3.05, 3.63) is 34.8 Å². The smallest absolute Gasteiger partial charge is 0.252 e. The second kappa shape index (κ2) is 9.69. The molecule has 1 unspecified atom stereocenters. The van der Waals surface area contributed by atoms with Crippen molar-refractivity contribution >= 4 is 29.7 Å². The highest BCUT2D eigenvalue weighted by atomic mass is 35.5. The molecule has 0 saturated carbocycles. The molecule has 6 nitrogen and oxygen atoms in total. The highest BCUT2D eigenvalue weighted by molar-refractivity contribution is 7.15. The molecular formula is C20H28ClN3O3S. The van der Waals surface area contributed by atoms with E-state index in [1.54, 1.807) is 25.6 Å². The minimum atomic E-state index is -0.739. The zero-order valence-electron chi connectivity index (χ0n) is 16.7. The Morgan fingerprint density at radius 3 is 2.46 bits per heavy atom. The summed E-state index contributed by atoms with van der Waals surface area (Å²) in [6, 6.07) is 7.73. The van der Waals surface area contributed by atoms with Crippen LogP contribution in [0.1, 0.15) is 36.4 Å². The molecule has 1 aromatic heterocycles. The molecule has 1 aromatic carbocycles. The summed E-state index contributed by atoms with van der Waals surface area (Å²) in [4.78, 5) is 18.7. The fourth-order valence-electron chi connectivity index (χ4n) is 3.42. The van der Waals surface area contributed by atoms with Gasteiger partial charge in [-0.15, -0.1) is 23.7 Å². The number of hydrogen-bond donors (Lipinski definition) is 2. The van der Waals surface area contributed by atoms with E-state index in [4.69, 9.17) is 14.5 Å². The van der Waals surface area contributed by atoms with Crippen molar-refractivity contribution in [3.8, 4) is 16.3 Å². The first-order valence-corrected chi connectivity index (χ1v) is 9.99. The molecule has 0 aliphatic carbocycles. The van der Waals surface area contributed by atoms with Crippen LogP contribution in [0.3, 0.4) is 0 Å². The van der Waals surface area contributed by atoms with E-state index in [0.717, 1.165) is 40.0 Å². The van der Waals surface area contributed by atoms with Crippen molar-refractivity contribution in [3.63, 3.8) is 0 Å². The topological polar surface area (TPSA) is 72.5 Å². The summed E-state index contributed by atoms with van der Waals surface area (Å²) in [5, 5.41) is 7.36. The third kappa shape index (κ3) is 4.66. The molecule has 1 fully saturated rings. The second-order valence-corrected chi connectivity index (χ2v) is 7.87. The first-order chi connectivity index (χ1) is 13.0. The van der Waals surface area contributed by atoms with E-state index in [9.17, 15) is 4.79 Å². The van der Waals surface area contributed by atoms with Gasteiger partial charge >= 0.3 is 0 Å². The number of nitrogens with one attached hydrogen (secondary N) is 2. The van der Waals surface area contributed by atoms with Crippen LogP contribution < -0.4 is 15.4 Å². The van der Waals surface area contributed by atoms with Gasteiger partial charge in [0.05, 0.1) is 23.7 Å². The zero-order chi connectivity index (χ0) is 19.4. The molecule has 0 spiro atoms. The van der Waals surface area contributed by atoms with E-state index in [2.05, 4.69) is 10.6 Å². The standard InChI is InChI=1S/C20H27N3O3S.ClH/c1-13-17(27-18(22-13)15-5-7-16(25-3)8-6-15)14(2)23-19(24)20(26-4)9-11-21-12-10-20;/h5-8,14,21H,9-12H2,1-4H3,(H,23,24);1H. The monoisotopic (exact) mass is 425 g/mol. The minimum absolute atomic E-state index is 0. The fraction of sp³-hybridized carbons (Fsp3) is 0.500. The van der Waals surface area contributed by atoms with Crippen LogP contribution in [0.2, 0.25) is 0 Å². The number of methoxy groups -OCH3 is 2. The molecule has 1 aliphatic rings. The lowest BCUT2D eigenvalue weighted by molar-refractivity contribution is -0.147. The van der Waals surface area contributed by atoms with E-state index < -0.39 is 5.60 Å². The number of aryl methyl sites for hydroxylation is 1. The van der Waals surface area contributed by atoms with Crippen LogP contribution in [0, 0.1) is 6.92 Å². The first kappa shape index (κ1) is 22.6. The fourth-order valence-corrected chi connectivity index (χ4v) is 4.49. The zero-order valence-corrected chi connectivity index (χ0v) is 18.3. The van der Waals surface area contributed by atoms with E-state index in [-0.39, 0.29) is 24.4 Å². The average molecular weight is 426 g/mol. The summed E-state index contributed by atoms with van der Waals surface area (Å²) in [6.45, 7) is 5.56. The number of amides is 1. The largest absolute Gasteiger partial charge is 0.497 e. The molecule has 2 N–H and O–H groups in total. The Hall–Kier alpha value is -1.67. The maximum absolute atomic E-state index is 12.9. The van der Waals surface area contributed by atoms with Gasteiger partial charge in [0.25, 0.3) is 5.91 Å². The number of aromatic nitrogens is 1. The summed E-state index contributed by atoms with van der Waals surface area (Å²) in [5.41, 5.74) is 1.24. The predicted octanol–water partition coefficient (Wildman–Crippen LogP) is 3.49. The highest BCUT2D eigenvalue weighted by Crippen LogP contribution is 2.33. The Kier molecular flexibility index (Phi) is 7.83. The molecule has 1 atom stereocenters. The van der Waals surface area contributed by atoms with Crippen molar-refractivity contribution in [2.24, 2.45) is 0 Å². The highest BCUT2D eigenvalue weighted by Gasteiger charge is 2.40. The molecule has 28 heavy (non-hydrogen) atoms. The Labute approximate surface area is 176 Å². The number of halogens is 1. The molecule has 1 saturated heterocycles. The van der Waals surface area contributed by atoms with Gasteiger partial charge in [-0.3, -0.25) is 4.79 Å². The van der Waals surface area contributed by atoms with E-state index in [1.807, 2.05) is 38.1 Å². The summed E-state index contributed by atoms with van der Waals surface area (Å²) in [5.74, 6) is 0.775. The second-order valence-electron chi connectivity index (χ2n) is 6.84. The van der Waals surface area contributed by atoms with Crippen LogP contribution in [0.5, 0.6) is 5.75 Å².